The van der Waals surface area contributed by atoms with Gasteiger partial charge in [-0.05, 0) is 23.5 Å². The van der Waals surface area contributed by atoms with Gasteiger partial charge in [0, 0.05) is 29.8 Å². The summed E-state index contributed by atoms with van der Waals surface area (Å²) in [6.45, 7) is 2.25. The molecule has 0 amide bonds. The Labute approximate surface area is 206 Å². The number of hydrogen-bond donors (Lipinski definition) is 2. The molecule has 33 heavy (non-hydrogen) atoms. The van der Waals surface area contributed by atoms with E-state index in [9.17, 15) is 24.8 Å². The molecule has 0 aliphatic carbocycles. The average Bonchev–Trinajstić information content (AvgIpc) is 3.15. The molecule has 1 heterocycles. The minimum atomic E-state index is -3.41. The summed E-state index contributed by atoms with van der Waals surface area (Å²) in [4.78, 5) is 25.0. The topological polar surface area (TPSA) is 164 Å². The van der Waals surface area contributed by atoms with Crippen LogP contribution in [0.2, 0.25) is 0 Å². The maximum atomic E-state index is 13.0. The second kappa shape index (κ2) is 12.5. The number of nitro benzene ring substituents is 1. The third-order valence-corrected chi connectivity index (χ3v) is 7.07. The number of imidazole rings is 1. The van der Waals surface area contributed by atoms with Gasteiger partial charge in [0.1, 0.15) is 12.8 Å². The van der Waals surface area contributed by atoms with Gasteiger partial charge in [0.25, 0.3) is 0 Å². The Balaban J connectivity index is 2.20. The largest absolute Gasteiger partial charge is 0.479 e. The van der Waals surface area contributed by atoms with Gasteiger partial charge in [-0.3, -0.25) is 19.2 Å². The average molecular weight is 614 g/mol. The highest BCUT2D eigenvalue weighted by atomic mass is 79.9. The minimum Gasteiger partial charge on any atom is -0.479 e. The van der Waals surface area contributed by atoms with Crippen molar-refractivity contribution >= 4 is 51.2 Å². The Morgan fingerprint density at radius 2 is 1.82 bits per heavy atom. The zero-order chi connectivity index (χ0) is 24.6. The number of nitro groups is 2. The zero-order valence-corrected chi connectivity index (χ0v) is 21.8. The van der Waals surface area contributed by atoms with Crippen LogP contribution >= 0.6 is 39.5 Å². The normalized spacial score (nSPS) is 12.5. The van der Waals surface area contributed by atoms with Crippen LogP contribution in [-0.2, 0) is 22.7 Å². The number of nitrogens with zero attached hydrogens (tertiary/aromatic N) is 4. The number of ether oxygens (including phenoxy) is 1. The molecule has 0 radical (unpaired) electrons. The second-order valence-corrected chi connectivity index (χ2v) is 10.2. The summed E-state index contributed by atoms with van der Waals surface area (Å²) in [6, 6.07) is 4.25. The van der Waals surface area contributed by atoms with Crippen molar-refractivity contribution in [2.24, 2.45) is 7.05 Å². The summed E-state index contributed by atoms with van der Waals surface area (Å²) in [6.07, 6.45) is 0.528. The van der Waals surface area contributed by atoms with E-state index in [2.05, 4.69) is 47.0 Å². The first-order valence-electron chi connectivity index (χ1n) is 9.58. The van der Waals surface area contributed by atoms with Crippen LogP contribution in [0.5, 0.6) is 5.75 Å². The van der Waals surface area contributed by atoms with Crippen molar-refractivity contribution in [1.82, 2.24) is 19.7 Å². The van der Waals surface area contributed by atoms with Crippen molar-refractivity contribution in [2.45, 2.75) is 19.6 Å². The van der Waals surface area contributed by atoms with Gasteiger partial charge in [-0.1, -0.05) is 42.9 Å². The molecule has 1 atom stereocenters. The van der Waals surface area contributed by atoms with Gasteiger partial charge in [-0.2, -0.15) is 0 Å². The van der Waals surface area contributed by atoms with Crippen molar-refractivity contribution in [3.8, 4) is 5.75 Å². The first-order chi connectivity index (χ1) is 15.6. The van der Waals surface area contributed by atoms with E-state index in [0.717, 1.165) is 0 Å². The summed E-state index contributed by atoms with van der Waals surface area (Å²) in [5.74, 6) is -0.395. The molecule has 0 aliphatic heterocycles. The first kappa shape index (κ1) is 27.3. The standard InChI is InChI=1S/C17H23Br2N6O7P/c1-12(32-33(30,21-7-5-18)22-8-6-19)13-3-4-16(15(9-13)24(26)27)31-11-14-10-20-17(23(14)2)25(28)29/h3-4,9-10,12H,5-8,11H2,1-2H3,(H2,21,22,30). The van der Waals surface area contributed by atoms with Crippen LogP contribution in [0, 0.1) is 20.2 Å². The number of rotatable bonds is 14. The molecule has 1 aromatic heterocycles. The molecule has 0 spiro atoms. The predicted molar refractivity (Wildman–Crippen MR) is 128 cm³/mol. The lowest BCUT2D eigenvalue weighted by molar-refractivity contribution is -0.396. The van der Waals surface area contributed by atoms with E-state index in [-0.39, 0.29) is 24.0 Å². The van der Waals surface area contributed by atoms with E-state index >= 15 is 0 Å². The predicted octanol–water partition coefficient (Wildman–Crippen LogP) is 3.97. The maximum Gasteiger partial charge on any atom is 0.434 e. The number of alkyl halides is 2. The Morgan fingerprint density at radius 1 is 1.18 bits per heavy atom. The first-order valence-corrected chi connectivity index (χ1v) is 13.5. The number of aromatic nitrogens is 2. The summed E-state index contributed by atoms with van der Waals surface area (Å²) in [7, 11) is -1.96. The molecule has 0 aliphatic rings. The third-order valence-electron chi connectivity index (χ3n) is 4.38. The SMILES string of the molecule is CC(OP(=O)(NCCBr)NCCBr)c1ccc(OCc2cnc([N+](=O)[O-])n2C)c([N+](=O)[O-])c1. The summed E-state index contributed by atoms with van der Waals surface area (Å²) in [5.41, 5.74) is 0.469. The molecule has 13 nitrogen and oxygen atoms in total. The molecule has 16 heteroatoms. The van der Waals surface area contributed by atoms with Crippen LogP contribution < -0.4 is 14.9 Å². The quantitative estimate of drug-likeness (QED) is 0.138. The molecule has 0 bridgehead atoms. The molecule has 0 fully saturated rings. The molecule has 182 valence electrons. The van der Waals surface area contributed by atoms with Gasteiger partial charge in [0.05, 0.1) is 18.1 Å². The maximum absolute atomic E-state index is 13.0. The van der Waals surface area contributed by atoms with Gasteiger partial charge in [0.2, 0.25) is 0 Å². The van der Waals surface area contributed by atoms with Gasteiger partial charge in [0.15, 0.2) is 11.4 Å². The fourth-order valence-corrected chi connectivity index (χ4v) is 5.38. The second-order valence-electron chi connectivity index (χ2n) is 6.63. The Bertz CT molecular complexity index is 1030. The van der Waals surface area contributed by atoms with E-state index < -0.39 is 23.6 Å². The monoisotopic (exact) mass is 612 g/mol. The lowest BCUT2D eigenvalue weighted by Gasteiger charge is -2.24. The van der Waals surface area contributed by atoms with E-state index in [1.54, 1.807) is 13.0 Å². The minimum absolute atomic E-state index is 0.0298. The van der Waals surface area contributed by atoms with Gasteiger partial charge in [-0.15, -0.1) is 0 Å². The van der Waals surface area contributed by atoms with Crippen LogP contribution in [0.15, 0.2) is 24.4 Å². The highest BCUT2D eigenvalue weighted by Crippen LogP contribution is 2.44. The molecule has 1 aromatic carbocycles. The van der Waals surface area contributed by atoms with E-state index in [1.807, 2.05) is 0 Å². The van der Waals surface area contributed by atoms with Crippen molar-refractivity contribution in [1.29, 1.82) is 0 Å². The lowest BCUT2D eigenvalue weighted by atomic mass is 10.1. The van der Waals surface area contributed by atoms with Crippen molar-refractivity contribution in [2.75, 3.05) is 23.7 Å². The fourth-order valence-electron chi connectivity index (χ4n) is 2.73. The number of hydrogen-bond acceptors (Lipinski definition) is 8. The van der Waals surface area contributed by atoms with Gasteiger partial charge >= 0.3 is 19.3 Å². The molecule has 0 saturated carbocycles. The van der Waals surface area contributed by atoms with Gasteiger partial charge in [-0.25, -0.2) is 14.7 Å². The Kier molecular flexibility index (Phi) is 10.4. The molecule has 2 N–H and O–H groups in total. The van der Waals surface area contributed by atoms with Crippen molar-refractivity contribution in [3.63, 3.8) is 0 Å². The number of halogens is 2. The molecule has 0 saturated heterocycles. The fraction of sp³-hybridized carbons (Fsp3) is 0.471. The van der Waals surface area contributed by atoms with Crippen LogP contribution in [0.3, 0.4) is 0 Å². The van der Waals surface area contributed by atoms with E-state index in [4.69, 9.17) is 9.26 Å². The molecule has 2 aromatic rings. The third kappa shape index (κ3) is 7.55. The molecule has 1 unspecified atom stereocenters. The van der Waals surface area contributed by atoms with Crippen LogP contribution in [0.25, 0.3) is 0 Å². The number of nitrogens with one attached hydrogen (secondary N) is 2. The summed E-state index contributed by atoms with van der Waals surface area (Å²) in [5, 5.41) is 29.3. The van der Waals surface area contributed by atoms with Crippen LogP contribution in [0.4, 0.5) is 11.6 Å². The molecular formula is C17H23Br2N6O7P. The molecule has 2 rings (SSSR count). The van der Waals surface area contributed by atoms with E-state index in [0.29, 0.717) is 35.0 Å². The highest BCUT2D eigenvalue weighted by Gasteiger charge is 2.27. The van der Waals surface area contributed by atoms with E-state index in [1.165, 1.54) is 29.9 Å². The van der Waals surface area contributed by atoms with Crippen molar-refractivity contribution < 1.29 is 23.7 Å². The summed E-state index contributed by atoms with van der Waals surface area (Å²) < 4.78 is 25.5. The lowest BCUT2D eigenvalue weighted by Crippen LogP contribution is -2.27. The number of benzene rings is 1. The van der Waals surface area contributed by atoms with Gasteiger partial charge < -0.3 is 14.9 Å². The zero-order valence-electron chi connectivity index (χ0n) is 17.8. The smallest absolute Gasteiger partial charge is 0.434 e. The van der Waals surface area contributed by atoms with Crippen LogP contribution in [-0.4, -0.2) is 43.1 Å². The van der Waals surface area contributed by atoms with Crippen molar-refractivity contribution in [3.05, 3.63) is 55.9 Å². The summed E-state index contributed by atoms with van der Waals surface area (Å²) >= 11 is 6.51. The Hall–Kier alpha value is -1.90. The highest BCUT2D eigenvalue weighted by molar-refractivity contribution is 9.09. The molecular weight excluding hydrogens is 591 g/mol. The van der Waals surface area contributed by atoms with Crippen LogP contribution in [0.1, 0.15) is 24.3 Å². The Morgan fingerprint density at radius 3 is 2.33 bits per heavy atom.